The van der Waals surface area contributed by atoms with Crippen molar-refractivity contribution >= 4 is 38.6 Å². The van der Waals surface area contributed by atoms with Crippen molar-refractivity contribution in [1.29, 1.82) is 0 Å². The minimum atomic E-state index is -3.79. The van der Waals surface area contributed by atoms with Gasteiger partial charge in [0.2, 0.25) is 10.0 Å². The molecule has 0 radical (unpaired) electrons. The summed E-state index contributed by atoms with van der Waals surface area (Å²) >= 11 is -2.61. The van der Waals surface area contributed by atoms with Crippen LogP contribution in [-0.4, -0.2) is 46.5 Å². The summed E-state index contributed by atoms with van der Waals surface area (Å²) in [6.07, 6.45) is 0.311. The molecular weight excluding hydrogens is 574 g/mol. The molecule has 0 aliphatic carbocycles. The number of amides is 1. The van der Waals surface area contributed by atoms with E-state index in [4.69, 9.17) is 4.74 Å². The number of carbonyl (C=O) groups is 1. The number of sulfonamides is 1. The lowest BCUT2D eigenvalue weighted by molar-refractivity contribution is 0.102. The Labute approximate surface area is 247 Å². The highest BCUT2D eigenvalue weighted by Gasteiger charge is 2.46. The molecule has 3 atom stereocenters. The lowest BCUT2D eigenvalue weighted by Gasteiger charge is -2.38. The molecule has 0 bridgehead atoms. The van der Waals surface area contributed by atoms with Crippen LogP contribution in [0.25, 0.3) is 0 Å². The molecule has 1 saturated heterocycles. The van der Waals surface area contributed by atoms with Gasteiger partial charge in [0.15, 0.2) is 0 Å². The Hall–Kier alpha value is -4.03. The molecule has 4 aromatic rings. The average Bonchev–Trinajstić information content (AvgIpc) is 3.34. The van der Waals surface area contributed by atoms with Crippen LogP contribution in [-0.2, 0) is 27.9 Å². The van der Waals surface area contributed by atoms with Gasteiger partial charge < -0.3 is 14.6 Å². The van der Waals surface area contributed by atoms with Crippen LogP contribution in [0.15, 0.2) is 108 Å². The van der Waals surface area contributed by atoms with E-state index in [1.807, 2.05) is 36.4 Å². The maximum absolute atomic E-state index is 13.5. The zero-order chi connectivity index (χ0) is 29.3. The van der Waals surface area contributed by atoms with Gasteiger partial charge in [0.05, 0.1) is 22.3 Å². The highest BCUT2D eigenvalue weighted by molar-refractivity contribution is 7.89. The summed E-state index contributed by atoms with van der Waals surface area (Å²) in [5, 5.41) is 2.93. The molecule has 11 heteroatoms. The SMILES string of the molecule is O=C(Nc1cc2c(cc1OCc1ccccc1)N(S(=O)[O-])C1CCN(S(=O)(=O)c3ccccc3)CC21)c1ccccc1. The van der Waals surface area contributed by atoms with Gasteiger partial charge in [-0.15, -0.1) is 0 Å². The number of rotatable bonds is 8. The molecular formula is C31H28N3O6S2-. The molecule has 9 nitrogen and oxygen atoms in total. The van der Waals surface area contributed by atoms with Gasteiger partial charge in [-0.05, 0) is 47.9 Å². The molecule has 2 aliphatic heterocycles. The van der Waals surface area contributed by atoms with Crippen LogP contribution in [0.5, 0.6) is 5.75 Å². The molecule has 216 valence electrons. The molecule has 6 rings (SSSR count). The van der Waals surface area contributed by atoms with Gasteiger partial charge in [-0.2, -0.15) is 4.31 Å². The van der Waals surface area contributed by atoms with E-state index in [1.165, 1.54) is 8.61 Å². The van der Waals surface area contributed by atoms with Crippen molar-refractivity contribution in [3.8, 4) is 5.75 Å². The van der Waals surface area contributed by atoms with Gasteiger partial charge >= 0.3 is 0 Å². The van der Waals surface area contributed by atoms with Crippen LogP contribution in [0.3, 0.4) is 0 Å². The first-order valence-electron chi connectivity index (χ1n) is 13.5. The van der Waals surface area contributed by atoms with Crippen molar-refractivity contribution in [2.75, 3.05) is 22.7 Å². The summed E-state index contributed by atoms with van der Waals surface area (Å²) in [7, 11) is -3.79. The van der Waals surface area contributed by atoms with Gasteiger partial charge in [0, 0.05) is 41.9 Å². The first kappa shape index (κ1) is 28.1. The van der Waals surface area contributed by atoms with E-state index in [0.717, 1.165) is 5.56 Å². The highest BCUT2D eigenvalue weighted by atomic mass is 32.2. The molecule has 0 spiro atoms. The van der Waals surface area contributed by atoms with Crippen LogP contribution >= 0.6 is 0 Å². The number of hydrogen-bond acceptors (Lipinski definition) is 6. The molecule has 2 heterocycles. The Morgan fingerprint density at radius 2 is 1.60 bits per heavy atom. The Bertz CT molecular complexity index is 1720. The standard InChI is InChI=1S/C31H29N3O6S2/c35-31(23-12-6-2-7-13-23)32-27-18-25-26-20-33(42(38,39)24-14-8-3-9-15-24)17-16-28(26)34(41(36)37)29(25)19-30(27)40-21-22-10-4-1-5-11-22/h1-15,18-19,26,28H,16-17,20-21H2,(H,32,35)(H,36,37)/p-1. The minimum Gasteiger partial charge on any atom is -0.755 e. The summed E-state index contributed by atoms with van der Waals surface area (Å²) in [5.41, 5.74) is 2.77. The zero-order valence-corrected chi connectivity index (χ0v) is 24.1. The van der Waals surface area contributed by atoms with E-state index in [2.05, 4.69) is 5.32 Å². The van der Waals surface area contributed by atoms with E-state index in [1.54, 1.807) is 66.7 Å². The number of hydrogen-bond donors (Lipinski definition) is 1. The number of anilines is 2. The highest BCUT2D eigenvalue weighted by Crippen LogP contribution is 2.49. The molecule has 0 aromatic heterocycles. The normalized spacial score (nSPS) is 19.0. The lowest BCUT2D eigenvalue weighted by atomic mass is 9.90. The fourth-order valence-electron chi connectivity index (χ4n) is 5.64. The van der Waals surface area contributed by atoms with Crippen molar-refractivity contribution in [3.05, 3.63) is 120 Å². The van der Waals surface area contributed by atoms with Crippen LogP contribution in [0.2, 0.25) is 0 Å². The fraction of sp³-hybridized carbons (Fsp3) is 0.194. The Morgan fingerprint density at radius 1 is 0.952 bits per heavy atom. The summed E-state index contributed by atoms with van der Waals surface area (Å²) < 4.78 is 60.9. The smallest absolute Gasteiger partial charge is 0.255 e. The molecule has 1 amide bonds. The largest absolute Gasteiger partial charge is 0.755 e. The molecule has 1 fully saturated rings. The summed E-state index contributed by atoms with van der Waals surface area (Å²) in [5.74, 6) is -0.485. The number of fused-ring (bicyclic) bond motifs is 3. The van der Waals surface area contributed by atoms with Crippen LogP contribution in [0, 0.1) is 0 Å². The second-order valence-corrected chi connectivity index (χ2v) is 12.9. The molecule has 1 N–H and O–H groups in total. The van der Waals surface area contributed by atoms with Gasteiger partial charge in [-0.1, -0.05) is 66.7 Å². The van der Waals surface area contributed by atoms with Crippen molar-refractivity contribution < 1.29 is 26.7 Å². The second kappa shape index (κ2) is 11.7. The van der Waals surface area contributed by atoms with Gasteiger partial charge in [0.25, 0.3) is 5.91 Å². The van der Waals surface area contributed by atoms with Crippen molar-refractivity contribution in [1.82, 2.24) is 4.31 Å². The van der Waals surface area contributed by atoms with E-state index >= 15 is 0 Å². The van der Waals surface area contributed by atoms with Crippen molar-refractivity contribution in [2.45, 2.75) is 29.9 Å². The minimum absolute atomic E-state index is 0.0961. The monoisotopic (exact) mass is 602 g/mol. The average molecular weight is 603 g/mol. The molecule has 2 aliphatic rings. The number of carbonyl (C=O) groups excluding carboxylic acids is 1. The Kier molecular flexibility index (Phi) is 7.82. The van der Waals surface area contributed by atoms with E-state index in [0.29, 0.717) is 34.7 Å². The van der Waals surface area contributed by atoms with Crippen LogP contribution in [0.4, 0.5) is 11.4 Å². The predicted molar refractivity (Wildman–Crippen MR) is 159 cm³/mol. The van der Waals surface area contributed by atoms with E-state index < -0.39 is 33.2 Å². The molecule has 3 unspecified atom stereocenters. The molecule has 42 heavy (non-hydrogen) atoms. The number of ether oxygens (including phenoxy) is 1. The summed E-state index contributed by atoms with van der Waals surface area (Å²) in [4.78, 5) is 13.4. The summed E-state index contributed by atoms with van der Waals surface area (Å²) in [6.45, 7) is 0.470. The molecule has 0 saturated carbocycles. The van der Waals surface area contributed by atoms with E-state index in [-0.39, 0.29) is 30.5 Å². The number of benzene rings is 4. The first-order chi connectivity index (χ1) is 20.3. The van der Waals surface area contributed by atoms with Crippen LogP contribution in [0.1, 0.15) is 33.8 Å². The Balaban J connectivity index is 1.39. The maximum Gasteiger partial charge on any atom is 0.255 e. The third kappa shape index (κ3) is 5.43. The van der Waals surface area contributed by atoms with Crippen molar-refractivity contribution in [2.24, 2.45) is 0 Å². The second-order valence-electron chi connectivity index (χ2n) is 10.2. The third-order valence-electron chi connectivity index (χ3n) is 7.67. The summed E-state index contributed by atoms with van der Waals surface area (Å²) in [6, 6.07) is 29.3. The zero-order valence-electron chi connectivity index (χ0n) is 22.5. The van der Waals surface area contributed by atoms with Crippen LogP contribution < -0.4 is 14.4 Å². The maximum atomic E-state index is 13.5. The first-order valence-corrected chi connectivity index (χ1v) is 15.9. The fourth-order valence-corrected chi connectivity index (χ4v) is 7.93. The Morgan fingerprint density at radius 3 is 2.26 bits per heavy atom. The number of nitrogens with one attached hydrogen (secondary N) is 1. The third-order valence-corrected chi connectivity index (χ3v) is 10.3. The topological polar surface area (TPSA) is 119 Å². The van der Waals surface area contributed by atoms with Crippen molar-refractivity contribution in [3.63, 3.8) is 0 Å². The number of piperidine rings is 1. The number of nitrogens with zero attached hydrogens (tertiary/aromatic N) is 2. The van der Waals surface area contributed by atoms with E-state index in [9.17, 15) is 22.0 Å². The van der Waals surface area contributed by atoms with Gasteiger partial charge in [-0.3, -0.25) is 13.3 Å². The lowest BCUT2D eigenvalue weighted by Crippen LogP contribution is -2.48. The van der Waals surface area contributed by atoms with Gasteiger partial charge in [0.1, 0.15) is 12.4 Å². The predicted octanol–water partition coefficient (Wildman–Crippen LogP) is 4.68. The quantitative estimate of drug-likeness (QED) is 0.293. The molecule has 4 aromatic carbocycles. The van der Waals surface area contributed by atoms with Gasteiger partial charge in [-0.25, -0.2) is 8.42 Å².